The van der Waals surface area contributed by atoms with Crippen molar-refractivity contribution in [2.45, 2.75) is 20.3 Å². The Labute approximate surface area is 134 Å². The third-order valence-electron chi connectivity index (χ3n) is 4.23. The molecule has 0 aliphatic rings. The van der Waals surface area contributed by atoms with Gasteiger partial charge in [-0.3, -0.25) is 4.40 Å². The third-order valence-corrected chi connectivity index (χ3v) is 4.23. The number of hydrogen-bond acceptors (Lipinski definition) is 3. The van der Waals surface area contributed by atoms with E-state index in [4.69, 9.17) is 9.40 Å². The number of rotatable bonds is 3. The molecule has 0 aliphatic heterocycles. The Morgan fingerprint density at radius 1 is 1.17 bits per heavy atom. The van der Waals surface area contributed by atoms with Crippen LogP contribution in [-0.2, 0) is 6.42 Å². The van der Waals surface area contributed by atoms with Crippen molar-refractivity contribution in [2.24, 2.45) is 0 Å². The maximum Gasteiger partial charge on any atom is 0.157 e. The normalized spacial score (nSPS) is 11.4. The Balaban J connectivity index is 1.94. The van der Waals surface area contributed by atoms with E-state index in [1.54, 1.807) is 0 Å². The zero-order valence-corrected chi connectivity index (χ0v) is 13.6. The monoisotopic (exact) mass is 305 g/mol. The van der Waals surface area contributed by atoms with Crippen molar-refractivity contribution in [1.82, 2.24) is 9.38 Å². The highest BCUT2D eigenvalue weighted by Crippen LogP contribution is 2.33. The lowest BCUT2D eigenvalue weighted by Gasteiger charge is -2.02. The Morgan fingerprint density at radius 2 is 2.04 bits per heavy atom. The molecular formula is C19H19N3O. The number of nitrogens with zero attached hydrogens (tertiary/aromatic N) is 2. The van der Waals surface area contributed by atoms with Crippen molar-refractivity contribution in [3.63, 3.8) is 0 Å². The zero-order valence-electron chi connectivity index (χ0n) is 13.6. The highest BCUT2D eigenvalue weighted by Gasteiger charge is 2.17. The summed E-state index contributed by atoms with van der Waals surface area (Å²) in [5.74, 6) is 1.73. The van der Waals surface area contributed by atoms with E-state index in [0.717, 1.165) is 40.3 Å². The summed E-state index contributed by atoms with van der Waals surface area (Å²) in [6.07, 6.45) is 3.10. The maximum atomic E-state index is 6.04. The van der Waals surface area contributed by atoms with Crippen molar-refractivity contribution in [2.75, 3.05) is 12.4 Å². The van der Waals surface area contributed by atoms with Gasteiger partial charge in [0.1, 0.15) is 22.7 Å². The van der Waals surface area contributed by atoms with E-state index in [0.29, 0.717) is 0 Å². The van der Waals surface area contributed by atoms with Gasteiger partial charge in [0.25, 0.3) is 0 Å². The molecule has 1 N–H and O–H groups in total. The van der Waals surface area contributed by atoms with Crippen LogP contribution in [0.2, 0.25) is 0 Å². The first-order valence-corrected chi connectivity index (χ1v) is 7.89. The first kappa shape index (κ1) is 13.9. The van der Waals surface area contributed by atoms with Crippen LogP contribution < -0.4 is 5.32 Å². The molecule has 1 aromatic carbocycles. The fourth-order valence-electron chi connectivity index (χ4n) is 2.99. The molecule has 0 saturated carbocycles. The standard InChI is InChI=1S/C19H19N3O/c1-4-13-6-7-15-14(9-13)10-16(23-15)18-19(20-3)22-11-12(2)5-8-17(22)21-18/h5-11,20H,4H2,1-3H3. The lowest BCUT2D eigenvalue weighted by molar-refractivity contribution is 0.629. The quantitative estimate of drug-likeness (QED) is 0.598. The number of imidazole rings is 1. The number of hydrogen-bond donors (Lipinski definition) is 1. The van der Waals surface area contributed by atoms with Crippen LogP contribution in [0.1, 0.15) is 18.1 Å². The first-order valence-electron chi connectivity index (χ1n) is 7.89. The van der Waals surface area contributed by atoms with Gasteiger partial charge in [-0.25, -0.2) is 4.98 Å². The first-order chi connectivity index (χ1) is 11.2. The summed E-state index contributed by atoms with van der Waals surface area (Å²) in [7, 11) is 1.91. The SMILES string of the molecule is CCc1ccc2oc(-c3nc4ccc(C)cn4c3NC)cc2c1. The van der Waals surface area contributed by atoms with Crippen molar-refractivity contribution in [3.8, 4) is 11.5 Å². The summed E-state index contributed by atoms with van der Waals surface area (Å²) in [5, 5.41) is 4.37. The minimum absolute atomic E-state index is 0.791. The number of pyridine rings is 1. The van der Waals surface area contributed by atoms with Crippen LogP contribution in [0.3, 0.4) is 0 Å². The van der Waals surface area contributed by atoms with Gasteiger partial charge in [-0.15, -0.1) is 0 Å². The highest BCUT2D eigenvalue weighted by molar-refractivity contribution is 5.85. The molecule has 0 unspecified atom stereocenters. The van der Waals surface area contributed by atoms with Gasteiger partial charge in [0.05, 0.1) is 0 Å². The molecule has 4 rings (SSSR count). The summed E-state index contributed by atoms with van der Waals surface area (Å²) in [4.78, 5) is 4.74. The highest BCUT2D eigenvalue weighted by atomic mass is 16.3. The number of aromatic nitrogens is 2. The van der Waals surface area contributed by atoms with Crippen LogP contribution in [0.5, 0.6) is 0 Å². The Morgan fingerprint density at radius 3 is 2.83 bits per heavy atom. The summed E-state index contributed by atoms with van der Waals surface area (Å²) >= 11 is 0. The van der Waals surface area contributed by atoms with E-state index in [1.807, 2.05) is 19.2 Å². The molecule has 0 saturated heterocycles. The average molecular weight is 305 g/mol. The molecule has 0 bridgehead atoms. The second-order valence-corrected chi connectivity index (χ2v) is 5.83. The fraction of sp³-hybridized carbons (Fsp3) is 0.211. The van der Waals surface area contributed by atoms with Crippen molar-refractivity contribution >= 4 is 22.4 Å². The molecule has 0 aliphatic carbocycles. The molecule has 0 atom stereocenters. The maximum absolute atomic E-state index is 6.04. The molecule has 4 nitrogen and oxygen atoms in total. The predicted octanol–water partition coefficient (Wildman–Crippen LogP) is 4.66. The summed E-state index contributed by atoms with van der Waals surface area (Å²) < 4.78 is 8.10. The van der Waals surface area contributed by atoms with Gasteiger partial charge in [-0.2, -0.15) is 0 Å². The lowest BCUT2D eigenvalue weighted by Crippen LogP contribution is -1.95. The summed E-state index contributed by atoms with van der Waals surface area (Å²) in [6.45, 7) is 4.23. The molecule has 4 heteroatoms. The van der Waals surface area contributed by atoms with Gasteiger partial charge >= 0.3 is 0 Å². The van der Waals surface area contributed by atoms with Gasteiger partial charge in [0, 0.05) is 18.6 Å². The number of anilines is 1. The van der Waals surface area contributed by atoms with E-state index in [-0.39, 0.29) is 0 Å². The van der Waals surface area contributed by atoms with Crippen LogP contribution in [0.4, 0.5) is 5.82 Å². The number of furan rings is 1. The number of nitrogens with one attached hydrogen (secondary N) is 1. The smallest absolute Gasteiger partial charge is 0.157 e. The van der Waals surface area contributed by atoms with E-state index >= 15 is 0 Å². The molecule has 3 heterocycles. The minimum atomic E-state index is 0.791. The Hall–Kier alpha value is -2.75. The second kappa shape index (κ2) is 5.16. The van der Waals surface area contributed by atoms with Crippen LogP contribution in [0.25, 0.3) is 28.1 Å². The predicted molar refractivity (Wildman–Crippen MR) is 94.1 cm³/mol. The van der Waals surface area contributed by atoms with Crippen LogP contribution in [-0.4, -0.2) is 16.4 Å². The third kappa shape index (κ3) is 2.18. The molecule has 0 fully saturated rings. The second-order valence-electron chi connectivity index (χ2n) is 5.83. The molecule has 3 aromatic heterocycles. The fourth-order valence-corrected chi connectivity index (χ4v) is 2.99. The Kier molecular flexibility index (Phi) is 3.11. The molecule has 23 heavy (non-hydrogen) atoms. The average Bonchev–Trinajstić information content (AvgIpc) is 3.14. The van der Waals surface area contributed by atoms with Crippen molar-refractivity contribution in [1.29, 1.82) is 0 Å². The number of fused-ring (bicyclic) bond motifs is 2. The van der Waals surface area contributed by atoms with E-state index in [1.165, 1.54) is 11.1 Å². The van der Waals surface area contributed by atoms with E-state index < -0.39 is 0 Å². The van der Waals surface area contributed by atoms with Crippen LogP contribution >= 0.6 is 0 Å². The van der Waals surface area contributed by atoms with Gasteiger partial charge in [-0.1, -0.05) is 19.1 Å². The molecule has 116 valence electrons. The topological polar surface area (TPSA) is 42.5 Å². The minimum Gasteiger partial charge on any atom is -0.454 e. The summed E-state index contributed by atoms with van der Waals surface area (Å²) in [5.41, 5.74) is 5.14. The Bertz CT molecular complexity index is 1010. The molecular weight excluding hydrogens is 286 g/mol. The number of aryl methyl sites for hydroxylation is 2. The van der Waals surface area contributed by atoms with Gasteiger partial charge in [0.15, 0.2) is 5.76 Å². The largest absolute Gasteiger partial charge is 0.454 e. The van der Waals surface area contributed by atoms with Crippen LogP contribution in [0.15, 0.2) is 47.0 Å². The van der Waals surface area contributed by atoms with Crippen LogP contribution in [0, 0.1) is 6.92 Å². The zero-order chi connectivity index (χ0) is 16.0. The van der Waals surface area contributed by atoms with E-state index in [9.17, 15) is 0 Å². The summed E-state index contributed by atoms with van der Waals surface area (Å²) in [6, 6.07) is 12.5. The van der Waals surface area contributed by atoms with Crippen molar-refractivity contribution < 1.29 is 4.42 Å². The lowest BCUT2D eigenvalue weighted by atomic mass is 10.1. The molecule has 0 radical (unpaired) electrons. The number of benzene rings is 1. The van der Waals surface area contributed by atoms with Crippen molar-refractivity contribution in [3.05, 3.63) is 53.7 Å². The molecule has 4 aromatic rings. The van der Waals surface area contributed by atoms with E-state index in [2.05, 4.69) is 54.0 Å². The van der Waals surface area contributed by atoms with Gasteiger partial charge in [0.2, 0.25) is 0 Å². The molecule has 0 amide bonds. The van der Waals surface area contributed by atoms with Gasteiger partial charge < -0.3 is 9.73 Å². The van der Waals surface area contributed by atoms with Gasteiger partial charge in [-0.05, 0) is 48.7 Å². The molecule has 0 spiro atoms.